The molecule has 0 radical (unpaired) electrons. The number of primary amides is 1. The van der Waals surface area contributed by atoms with Crippen LogP contribution in [0, 0.1) is 0 Å². The second-order valence-corrected chi connectivity index (χ2v) is 4.60. The number of alkyl halides is 3. The highest BCUT2D eigenvalue weighted by Gasteiger charge is 2.32. The Kier molecular flexibility index (Phi) is 5.75. The fourth-order valence-corrected chi connectivity index (χ4v) is 1.69. The van der Waals surface area contributed by atoms with Crippen molar-refractivity contribution in [2.45, 2.75) is 25.9 Å². The van der Waals surface area contributed by atoms with E-state index in [1.807, 2.05) is 5.32 Å². The number of imide groups is 1. The molecule has 3 amide bonds. The highest BCUT2D eigenvalue weighted by molar-refractivity contribution is 5.96. The summed E-state index contributed by atoms with van der Waals surface area (Å²) in [4.78, 5) is 23.7. The number of carbonyl (C=O) groups excluding carboxylic acids is 2. The third kappa shape index (κ3) is 5.60. The van der Waals surface area contributed by atoms with E-state index in [1.165, 1.54) is 37.1 Å². The van der Waals surface area contributed by atoms with Crippen LogP contribution in [0.25, 0.3) is 0 Å². The summed E-state index contributed by atoms with van der Waals surface area (Å²) in [6.07, 6.45) is -4.80. The van der Waals surface area contributed by atoms with Crippen molar-refractivity contribution in [3.63, 3.8) is 0 Å². The van der Waals surface area contributed by atoms with Crippen LogP contribution in [0.15, 0.2) is 24.3 Å². The highest BCUT2D eigenvalue weighted by Crippen LogP contribution is 2.27. The number of nitrogens with two attached hydrogens (primary N) is 1. The molecular formula is C13H16F3N3O3. The number of para-hydroxylation sites is 1. The van der Waals surface area contributed by atoms with Crippen molar-refractivity contribution in [3.05, 3.63) is 29.8 Å². The van der Waals surface area contributed by atoms with Crippen molar-refractivity contribution in [2.75, 3.05) is 7.05 Å². The van der Waals surface area contributed by atoms with Crippen LogP contribution < -0.4 is 15.8 Å². The molecule has 0 aliphatic rings. The van der Waals surface area contributed by atoms with E-state index < -0.39 is 24.3 Å². The molecule has 1 atom stereocenters. The van der Waals surface area contributed by atoms with E-state index in [0.29, 0.717) is 0 Å². The van der Waals surface area contributed by atoms with E-state index in [-0.39, 0.29) is 17.9 Å². The summed E-state index contributed by atoms with van der Waals surface area (Å²) in [6.45, 7) is 1.51. The van der Waals surface area contributed by atoms with Crippen molar-refractivity contribution in [2.24, 2.45) is 5.73 Å². The molecule has 0 aliphatic carbocycles. The van der Waals surface area contributed by atoms with E-state index in [4.69, 9.17) is 5.73 Å². The minimum absolute atomic E-state index is 0.0135. The third-order valence-corrected chi connectivity index (χ3v) is 2.91. The van der Waals surface area contributed by atoms with Gasteiger partial charge in [-0.3, -0.25) is 15.0 Å². The van der Waals surface area contributed by atoms with Crippen LogP contribution in [-0.2, 0) is 11.3 Å². The van der Waals surface area contributed by atoms with Gasteiger partial charge in [-0.15, -0.1) is 13.2 Å². The van der Waals surface area contributed by atoms with E-state index in [1.54, 1.807) is 6.07 Å². The number of benzene rings is 1. The van der Waals surface area contributed by atoms with Crippen LogP contribution in [0.1, 0.15) is 12.5 Å². The van der Waals surface area contributed by atoms with Gasteiger partial charge < -0.3 is 10.5 Å². The summed E-state index contributed by atoms with van der Waals surface area (Å²) in [6, 6.07) is 3.84. The maximum absolute atomic E-state index is 12.3. The van der Waals surface area contributed by atoms with Crippen molar-refractivity contribution in [1.29, 1.82) is 0 Å². The molecule has 6 nitrogen and oxygen atoms in total. The van der Waals surface area contributed by atoms with E-state index in [0.717, 1.165) is 0 Å². The molecule has 0 spiro atoms. The summed E-state index contributed by atoms with van der Waals surface area (Å²) in [7, 11) is 1.52. The maximum atomic E-state index is 12.3. The van der Waals surface area contributed by atoms with E-state index >= 15 is 0 Å². The minimum atomic E-state index is -4.80. The molecule has 1 aromatic carbocycles. The summed E-state index contributed by atoms with van der Waals surface area (Å²) in [5, 5.41) is 1.91. The lowest BCUT2D eigenvalue weighted by atomic mass is 10.1. The number of hydrogen-bond donors (Lipinski definition) is 2. The lowest BCUT2D eigenvalue weighted by molar-refractivity contribution is -0.275. The molecular weight excluding hydrogens is 303 g/mol. The lowest BCUT2D eigenvalue weighted by Gasteiger charge is -2.24. The quantitative estimate of drug-likeness (QED) is 0.863. The summed E-state index contributed by atoms with van der Waals surface area (Å²) in [5.41, 5.74) is 5.09. The smallest absolute Gasteiger partial charge is 0.405 e. The second-order valence-electron chi connectivity index (χ2n) is 4.60. The molecule has 0 fully saturated rings. The van der Waals surface area contributed by atoms with Crippen LogP contribution in [0.2, 0.25) is 0 Å². The first kappa shape index (κ1) is 17.8. The largest absolute Gasteiger partial charge is 0.573 e. The molecule has 9 heteroatoms. The SMILES string of the molecule is C[C@@H](C(=O)NC(N)=O)N(C)Cc1ccccc1OC(F)(F)F. The molecule has 0 saturated carbocycles. The molecule has 0 aromatic heterocycles. The highest BCUT2D eigenvalue weighted by atomic mass is 19.4. The lowest BCUT2D eigenvalue weighted by Crippen LogP contribution is -2.46. The normalized spacial score (nSPS) is 12.8. The van der Waals surface area contributed by atoms with Gasteiger partial charge >= 0.3 is 12.4 Å². The van der Waals surface area contributed by atoms with Crippen LogP contribution in [-0.4, -0.2) is 36.3 Å². The van der Waals surface area contributed by atoms with Crippen LogP contribution in [0.5, 0.6) is 5.75 Å². The van der Waals surface area contributed by atoms with Gasteiger partial charge in [0.2, 0.25) is 5.91 Å². The predicted molar refractivity (Wildman–Crippen MR) is 71.8 cm³/mol. The molecule has 1 rings (SSSR count). The molecule has 22 heavy (non-hydrogen) atoms. The monoisotopic (exact) mass is 319 g/mol. The van der Waals surface area contributed by atoms with Crippen molar-refractivity contribution in [3.8, 4) is 5.75 Å². The molecule has 0 bridgehead atoms. The average Bonchev–Trinajstić information content (AvgIpc) is 2.37. The standard InChI is InChI=1S/C13H16F3N3O3/c1-8(11(20)18-12(17)21)19(2)7-9-5-3-4-6-10(9)22-13(14,15)16/h3-6,8H,7H2,1-2H3,(H3,17,18,20,21)/t8-/m0/s1. The number of amides is 3. The molecule has 0 heterocycles. The van der Waals surface area contributed by atoms with Gasteiger partial charge in [-0.1, -0.05) is 18.2 Å². The molecule has 0 saturated heterocycles. The summed E-state index contributed by atoms with van der Waals surface area (Å²) in [5.74, 6) is -0.992. The van der Waals surface area contributed by atoms with Gasteiger partial charge in [-0.25, -0.2) is 4.79 Å². The average molecular weight is 319 g/mol. The Bertz CT molecular complexity index is 549. The summed E-state index contributed by atoms with van der Waals surface area (Å²) < 4.78 is 41.0. The Morgan fingerprint density at radius 3 is 2.50 bits per heavy atom. The Morgan fingerprint density at radius 2 is 1.95 bits per heavy atom. The van der Waals surface area contributed by atoms with Gasteiger partial charge in [-0.2, -0.15) is 0 Å². The third-order valence-electron chi connectivity index (χ3n) is 2.91. The number of rotatable bonds is 5. The first-order valence-corrected chi connectivity index (χ1v) is 6.24. The van der Waals surface area contributed by atoms with Crippen LogP contribution in [0.4, 0.5) is 18.0 Å². The molecule has 1 aromatic rings. The fraction of sp³-hybridized carbons (Fsp3) is 0.385. The van der Waals surface area contributed by atoms with Gasteiger partial charge in [0.25, 0.3) is 0 Å². The first-order chi connectivity index (χ1) is 10.1. The molecule has 122 valence electrons. The fourth-order valence-electron chi connectivity index (χ4n) is 1.69. The zero-order valence-electron chi connectivity index (χ0n) is 12.0. The molecule has 0 unspecified atom stereocenters. The van der Waals surface area contributed by atoms with Gasteiger partial charge in [0.1, 0.15) is 5.75 Å². The zero-order chi connectivity index (χ0) is 16.9. The van der Waals surface area contributed by atoms with Crippen molar-refractivity contribution < 1.29 is 27.5 Å². The Labute approximate surface area is 125 Å². The number of carbonyl (C=O) groups is 2. The number of halogens is 3. The number of ether oxygens (including phenoxy) is 1. The molecule has 3 N–H and O–H groups in total. The number of hydrogen-bond acceptors (Lipinski definition) is 4. The number of urea groups is 1. The van der Waals surface area contributed by atoms with Crippen LogP contribution in [0.3, 0.4) is 0 Å². The predicted octanol–water partition coefficient (Wildman–Crippen LogP) is 1.60. The topological polar surface area (TPSA) is 84.7 Å². The Morgan fingerprint density at radius 1 is 1.36 bits per heavy atom. The number of likely N-dealkylation sites (N-methyl/N-ethyl adjacent to an activating group) is 1. The van der Waals surface area contributed by atoms with Gasteiger partial charge in [-0.05, 0) is 20.0 Å². The minimum Gasteiger partial charge on any atom is -0.405 e. The maximum Gasteiger partial charge on any atom is 0.573 e. The van der Waals surface area contributed by atoms with Gasteiger partial charge in [0, 0.05) is 12.1 Å². The number of nitrogens with zero attached hydrogens (tertiary/aromatic N) is 1. The summed E-state index contributed by atoms with van der Waals surface area (Å²) >= 11 is 0. The zero-order valence-corrected chi connectivity index (χ0v) is 12.0. The van der Waals surface area contributed by atoms with Crippen molar-refractivity contribution >= 4 is 11.9 Å². The van der Waals surface area contributed by atoms with E-state index in [9.17, 15) is 22.8 Å². The van der Waals surface area contributed by atoms with Gasteiger partial charge in [0.05, 0.1) is 6.04 Å². The Hall–Kier alpha value is -2.29. The second kappa shape index (κ2) is 7.12. The van der Waals surface area contributed by atoms with Crippen LogP contribution >= 0.6 is 0 Å². The number of nitrogens with one attached hydrogen (secondary N) is 1. The van der Waals surface area contributed by atoms with E-state index in [2.05, 4.69) is 4.74 Å². The molecule has 0 aliphatic heterocycles. The first-order valence-electron chi connectivity index (χ1n) is 6.24. The Balaban J connectivity index is 2.81. The van der Waals surface area contributed by atoms with Gasteiger partial charge in [0.15, 0.2) is 0 Å². The van der Waals surface area contributed by atoms with Crippen molar-refractivity contribution in [1.82, 2.24) is 10.2 Å².